The maximum atomic E-state index is 5.70. The summed E-state index contributed by atoms with van der Waals surface area (Å²) in [5.74, 6) is 3.28. The molecule has 0 unspecified atom stereocenters. The number of epoxide rings is 1. The molecule has 1 aliphatic heterocycles. The van der Waals surface area contributed by atoms with Gasteiger partial charge in [-0.1, -0.05) is 62.0 Å². The third-order valence-corrected chi connectivity index (χ3v) is 4.08. The van der Waals surface area contributed by atoms with E-state index in [0.717, 1.165) is 0 Å². The predicted octanol–water partition coefficient (Wildman–Crippen LogP) is 4.16. The van der Waals surface area contributed by atoms with Crippen LogP contribution < -0.4 is 0 Å². The molecule has 0 amide bonds. The zero-order valence-corrected chi connectivity index (χ0v) is 12.6. The summed E-state index contributed by atoms with van der Waals surface area (Å²) in [7, 11) is -1.30. The lowest BCUT2D eigenvalue weighted by Crippen LogP contribution is -2.16. The lowest BCUT2D eigenvalue weighted by Gasteiger charge is -2.02. The van der Waals surface area contributed by atoms with E-state index in [1.165, 1.54) is 16.3 Å². The fourth-order valence-electron chi connectivity index (χ4n) is 2.15. The molecule has 0 aliphatic carbocycles. The van der Waals surface area contributed by atoms with E-state index in [-0.39, 0.29) is 12.2 Å². The smallest absolute Gasteiger partial charge is 0.148 e. The van der Waals surface area contributed by atoms with Crippen molar-refractivity contribution in [3.05, 3.63) is 48.0 Å². The molecule has 96 valence electrons. The van der Waals surface area contributed by atoms with Crippen LogP contribution in [0.1, 0.15) is 11.7 Å². The van der Waals surface area contributed by atoms with Gasteiger partial charge in [0.05, 0.1) is 0 Å². The number of rotatable bonds is 1. The van der Waals surface area contributed by atoms with Gasteiger partial charge in [-0.25, -0.2) is 0 Å². The van der Waals surface area contributed by atoms with Crippen LogP contribution in [0.15, 0.2) is 42.5 Å². The predicted molar refractivity (Wildman–Crippen MR) is 82.7 cm³/mol. The average molecular weight is 266 g/mol. The number of hydrogen-bond acceptors (Lipinski definition) is 1. The summed E-state index contributed by atoms with van der Waals surface area (Å²) in [5, 5.41) is 2.55. The van der Waals surface area contributed by atoms with Crippen LogP contribution in [0, 0.1) is 11.5 Å². The Morgan fingerprint density at radius 3 is 2.47 bits per heavy atom. The topological polar surface area (TPSA) is 12.5 Å². The van der Waals surface area contributed by atoms with Gasteiger partial charge in [-0.3, -0.25) is 0 Å². The second-order valence-electron chi connectivity index (χ2n) is 6.10. The Balaban J connectivity index is 1.81. The van der Waals surface area contributed by atoms with Crippen molar-refractivity contribution in [2.75, 3.05) is 0 Å². The van der Waals surface area contributed by atoms with Crippen molar-refractivity contribution in [3.63, 3.8) is 0 Å². The molecule has 19 heavy (non-hydrogen) atoms. The highest BCUT2D eigenvalue weighted by atomic mass is 28.3. The number of ether oxygens (including phenoxy) is 1. The molecular formula is C17H18OSi. The summed E-state index contributed by atoms with van der Waals surface area (Å²) in [5.41, 5.74) is 4.63. The van der Waals surface area contributed by atoms with E-state index < -0.39 is 8.07 Å². The standard InChI is InChI=1S/C17H18OSi/c1-19(2,3)11-10-16-17(18-16)15-9-8-13-6-4-5-7-14(13)12-15/h4-9,12,16-17H,1-3H3/t16-,17+/m1/s1. The monoisotopic (exact) mass is 266 g/mol. The Morgan fingerprint density at radius 1 is 1.00 bits per heavy atom. The summed E-state index contributed by atoms with van der Waals surface area (Å²) >= 11 is 0. The summed E-state index contributed by atoms with van der Waals surface area (Å²) in [6.45, 7) is 6.77. The zero-order valence-electron chi connectivity index (χ0n) is 11.6. The molecule has 3 rings (SSSR count). The fourth-order valence-corrected chi connectivity index (χ4v) is 2.72. The molecule has 1 heterocycles. The lowest BCUT2D eigenvalue weighted by atomic mass is 10.0. The van der Waals surface area contributed by atoms with Gasteiger partial charge in [-0.15, -0.1) is 5.54 Å². The minimum absolute atomic E-state index is 0.105. The van der Waals surface area contributed by atoms with E-state index in [0.29, 0.717) is 0 Å². The summed E-state index contributed by atoms with van der Waals surface area (Å²) in [4.78, 5) is 0. The van der Waals surface area contributed by atoms with Crippen molar-refractivity contribution in [1.29, 1.82) is 0 Å². The Morgan fingerprint density at radius 2 is 1.74 bits per heavy atom. The van der Waals surface area contributed by atoms with Crippen LogP contribution in [0.2, 0.25) is 19.6 Å². The lowest BCUT2D eigenvalue weighted by molar-refractivity contribution is 0.397. The number of hydrogen-bond donors (Lipinski definition) is 0. The highest BCUT2D eigenvalue weighted by molar-refractivity contribution is 6.83. The second kappa shape index (κ2) is 4.52. The van der Waals surface area contributed by atoms with E-state index in [9.17, 15) is 0 Å². The maximum absolute atomic E-state index is 5.70. The SMILES string of the molecule is C[Si](C)(C)C#C[C@H]1O[C@H]1c1ccc2ccccc2c1. The molecule has 2 heteroatoms. The van der Waals surface area contributed by atoms with Crippen LogP contribution in [0.4, 0.5) is 0 Å². The summed E-state index contributed by atoms with van der Waals surface area (Å²) < 4.78 is 5.70. The maximum Gasteiger partial charge on any atom is 0.148 e. The molecule has 0 spiro atoms. The van der Waals surface area contributed by atoms with Gasteiger partial charge in [0.15, 0.2) is 0 Å². The molecule has 2 aromatic carbocycles. The van der Waals surface area contributed by atoms with Crippen molar-refractivity contribution in [2.45, 2.75) is 31.8 Å². The summed E-state index contributed by atoms with van der Waals surface area (Å²) in [6, 6.07) is 15.0. The van der Waals surface area contributed by atoms with E-state index in [1.54, 1.807) is 0 Å². The molecular weight excluding hydrogens is 248 g/mol. The molecule has 1 nitrogen and oxygen atoms in total. The quantitative estimate of drug-likeness (QED) is 0.429. The molecule has 0 bridgehead atoms. The Bertz CT molecular complexity index is 673. The van der Waals surface area contributed by atoms with E-state index in [1.807, 2.05) is 0 Å². The zero-order chi connectivity index (χ0) is 13.5. The van der Waals surface area contributed by atoms with Crippen molar-refractivity contribution in [3.8, 4) is 11.5 Å². The minimum Gasteiger partial charge on any atom is -0.351 e. The van der Waals surface area contributed by atoms with Crippen molar-refractivity contribution in [1.82, 2.24) is 0 Å². The normalized spacial score (nSPS) is 21.8. The molecule has 1 fully saturated rings. The Hall–Kier alpha value is -1.56. The van der Waals surface area contributed by atoms with E-state index >= 15 is 0 Å². The van der Waals surface area contributed by atoms with E-state index in [4.69, 9.17) is 4.74 Å². The van der Waals surface area contributed by atoms with Crippen molar-refractivity contribution < 1.29 is 4.74 Å². The van der Waals surface area contributed by atoms with Crippen LogP contribution in [-0.4, -0.2) is 14.2 Å². The fraction of sp³-hybridized carbons (Fsp3) is 0.294. The highest BCUT2D eigenvalue weighted by Crippen LogP contribution is 2.39. The first-order valence-corrected chi connectivity index (χ1v) is 10.2. The molecule has 0 radical (unpaired) electrons. The van der Waals surface area contributed by atoms with Crippen LogP contribution in [0.3, 0.4) is 0 Å². The third-order valence-electron chi connectivity index (χ3n) is 3.18. The third kappa shape index (κ3) is 2.89. The van der Waals surface area contributed by atoms with Crippen LogP contribution >= 0.6 is 0 Å². The van der Waals surface area contributed by atoms with Gasteiger partial charge in [0.1, 0.15) is 20.3 Å². The van der Waals surface area contributed by atoms with Gasteiger partial charge in [0.2, 0.25) is 0 Å². The molecule has 1 aliphatic rings. The number of benzene rings is 2. The molecule has 1 saturated heterocycles. The molecule has 2 aromatic rings. The molecule has 0 N–H and O–H groups in total. The van der Waals surface area contributed by atoms with Gasteiger partial charge >= 0.3 is 0 Å². The first-order valence-electron chi connectivity index (χ1n) is 6.70. The van der Waals surface area contributed by atoms with Crippen molar-refractivity contribution in [2.24, 2.45) is 0 Å². The van der Waals surface area contributed by atoms with Gasteiger partial charge < -0.3 is 4.74 Å². The van der Waals surface area contributed by atoms with Gasteiger partial charge in [0.25, 0.3) is 0 Å². The molecule has 2 atom stereocenters. The van der Waals surface area contributed by atoms with Gasteiger partial charge in [-0.2, -0.15) is 0 Å². The van der Waals surface area contributed by atoms with Gasteiger partial charge in [-0.05, 0) is 22.4 Å². The first-order chi connectivity index (χ1) is 9.03. The number of fused-ring (bicyclic) bond motifs is 1. The molecule has 0 saturated carbocycles. The van der Waals surface area contributed by atoms with Gasteiger partial charge in [0, 0.05) is 0 Å². The highest BCUT2D eigenvalue weighted by Gasteiger charge is 2.39. The van der Waals surface area contributed by atoms with Crippen LogP contribution in [-0.2, 0) is 4.74 Å². The first kappa shape index (κ1) is 12.5. The second-order valence-corrected chi connectivity index (χ2v) is 10.9. The average Bonchev–Trinajstić information content (AvgIpc) is 3.14. The van der Waals surface area contributed by atoms with E-state index in [2.05, 4.69) is 73.6 Å². The Kier molecular flexibility index (Phi) is 2.97. The van der Waals surface area contributed by atoms with Crippen LogP contribution in [0.5, 0.6) is 0 Å². The molecule has 0 aromatic heterocycles. The summed E-state index contributed by atoms with van der Waals surface area (Å²) in [6.07, 6.45) is 0.279. The minimum atomic E-state index is -1.30. The Labute approximate surface area is 115 Å². The van der Waals surface area contributed by atoms with Crippen LogP contribution in [0.25, 0.3) is 10.8 Å². The van der Waals surface area contributed by atoms with Crippen molar-refractivity contribution >= 4 is 18.8 Å². The largest absolute Gasteiger partial charge is 0.351 e.